The second-order valence-corrected chi connectivity index (χ2v) is 9.75. The maximum absolute atomic E-state index is 15.6. The third kappa shape index (κ3) is 6.28. The molecular formula is C24H30F4N6O3. The Morgan fingerprint density at radius 3 is 2.51 bits per heavy atom. The molecular weight excluding hydrogens is 496 g/mol. The summed E-state index contributed by atoms with van der Waals surface area (Å²) in [5, 5.41) is 23.7. The molecule has 2 aliphatic rings. The molecule has 0 radical (unpaired) electrons. The van der Waals surface area contributed by atoms with E-state index in [4.69, 9.17) is 5.73 Å². The van der Waals surface area contributed by atoms with Crippen molar-refractivity contribution in [2.75, 3.05) is 43.0 Å². The van der Waals surface area contributed by atoms with Crippen molar-refractivity contribution in [3.05, 3.63) is 47.5 Å². The molecule has 1 amide bonds. The smallest absolute Gasteiger partial charge is 0.396 e. The molecule has 0 bridgehead atoms. The van der Waals surface area contributed by atoms with Crippen LogP contribution in [0.1, 0.15) is 30.4 Å². The van der Waals surface area contributed by atoms with Gasteiger partial charge in [-0.25, -0.2) is 9.97 Å². The molecule has 1 aliphatic carbocycles. The van der Waals surface area contributed by atoms with Crippen molar-refractivity contribution in [2.24, 2.45) is 11.1 Å². The molecule has 5 N–H and O–H groups in total. The summed E-state index contributed by atoms with van der Waals surface area (Å²) in [6, 6.07) is 4.73. The number of aromatic nitrogens is 2. The normalized spacial score (nSPS) is 22.6. The molecule has 0 spiro atoms. The van der Waals surface area contributed by atoms with E-state index in [0.717, 1.165) is 25.0 Å². The van der Waals surface area contributed by atoms with E-state index in [1.54, 1.807) is 9.80 Å². The number of hydrogen-bond acceptors (Lipinski definition) is 8. The topological polar surface area (TPSA) is 128 Å². The van der Waals surface area contributed by atoms with E-state index in [-0.39, 0.29) is 50.5 Å². The second-order valence-electron chi connectivity index (χ2n) is 9.75. The highest BCUT2D eigenvalue weighted by Gasteiger charge is 2.42. The molecule has 2 fully saturated rings. The van der Waals surface area contributed by atoms with Crippen LogP contribution < -0.4 is 16.0 Å². The van der Waals surface area contributed by atoms with E-state index < -0.39 is 35.0 Å². The molecule has 202 valence electrons. The van der Waals surface area contributed by atoms with Crippen LogP contribution in [0.4, 0.5) is 29.2 Å². The number of rotatable bonds is 10. The van der Waals surface area contributed by atoms with E-state index in [2.05, 4.69) is 15.3 Å². The predicted molar refractivity (Wildman–Crippen MR) is 127 cm³/mol. The van der Waals surface area contributed by atoms with Crippen LogP contribution in [0.2, 0.25) is 0 Å². The fourth-order valence-corrected chi connectivity index (χ4v) is 4.59. The maximum atomic E-state index is 15.6. The van der Waals surface area contributed by atoms with Gasteiger partial charge in [-0.3, -0.25) is 9.69 Å². The number of benzene rings is 1. The van der Waals surface area contributed by atoms with Gasteiger partial charge in [-0.15, -0.1) is 0 Å². The van der Waals surface area contributed by atoms with Gasteiger partial charge in [0.15, 0.2) is 11.6 Å². The summed E-state index contributed by atoms with van der Waals surface area (Å²) < 4.78 is 54.3. The minimum absolute atomic E-state index is 0.000248. The number of amides is 1. The molecule has 9 nitrogen and oxygen atoms in total. The Bertz CT molecular complexity index is 1100. The number of aliphatic hydroxyl groups is 2. The van der Waals surface area contributed by atoms with E-state index in [1.807, 2.05) is 0 Å². The van der Waals surface area contributed by atoms with Crippen LogP contribution >= 0.6 is 0 Å². The third-order valence-corrected chi connectivity index (χ3v) is 7.03. The van der Waals surface area contributed by atoms with Crippen molar-refractivity contribution in [1.82, 2.24) is 14.9 Å². The number of hydrogen-bond donors (Lipinski definition) is 4. The summed E-state index contributed by atoms with van der Waals surface area (Å²) in [5.41, 5.74) is 4.07. The van der Waals surface area contributed by atoms with Gasteiger partial charge in [0.1, 0.15) is 6.33 Å². The molecule has 1 aromatic carbocycles. The first-order valence-corrected chi connectivity index (χ1v) is 12.0. The quantitative estimate of drug-likeness (QED) is 0.345. The Labute approximate surface area is 211 Å². The highest BCUT2D eigenvalue weighted by atomic mass is 19.4. The van der Waals surface area contributed by atoms with Crippen molar-refractivity contribution in [3.63, 3.8) is 0 Å². The molecule has 37 heavy (non-hydrogen) atoms. The average Bonchev–Trinajstić information content (AvgIpc) is 3.68. The number of halogens is 4. The Balaban J connectivity index is 1.48. The summed E-state index contributed by atoms with van der Waals surface area (Å²) >= 11 is 0. The largest absolute Gasteiger partial charge is 0.416 e. The monoisotopic (exact) mass is 526 g/mol. The molecule has 4 rings (SSSR count). The zero-order chi connectivity index (χ0) is 26.8. The first-order chi connectivity index (χ1) is 17.5. The van der Waals surface area contributed by atoms with E-state index in [0.29, 0.717) is 18.5 Å². The lowest BCUT2D eigenvalue weighted by atomic mass is 9.76. The van der Waals surface area contributed by atoms with Gasteiger partial charge in [-0.2, -0.15) is 17.6 Å². The van der Waals surface area contributed by atoms with Crippen LogP contribution in [0, 0.1) is 11.2 Å². The summed E-state index contributed by atoms with van der Waals surface area (Å²) in [6.45, 7) is 0.364. The number of carbonyl (C=O) groups excluding carboxylic acids is 1. The van der Waals surface area contributed by atoms with E-state index >= 15 is 4.39 Å². The Morgan fingerprint density at radius 2 is 1.95 bits per heavy atom. The SMILES string of the molecule is NC(=O)CN1CCC(CO)(CNc2ncnc(N(Cc3ccc(C(F)(F)F)cc3)C3CC3)c2F)[C@@H](O)C1. The van der Waals surface area contributed by atoms with Gasteiger partial charge in [-0.1, -0.05) is 12.1 Å². The average molecular weight is 527 g/mol. The summed E-state index contributed by atoms with van der Waals surface area (Å²) in [7, 11) is 0. The number of piperidine rings is 1. The predicted octanol–water partition coefficient (Wildman–Crippen LogP) is 1.75. The second kappa shape index (κ2) is 10.8. The van der Waals surface area contributed by atoms with Crippen LogP contribution in [0.25, 0.3) is 0 Å². The van der Waals surface area contributed by atoms with Crippen LogP contribution in [0.3, 0.4) is 0 Å². The van der Waals surface area contributed by atoms with Gasteiger partial charge >= 0.3 is 6.18 Å². The minimum atomic E-state index is -4.44. The lowest BCUT2D eigenvalue weighted by molar-refractivity contribution is -0.137. The fraction of sp³-hybridized carbons (Fsp3) is 0.542. The molecule has 2 atom stereocenters. The molecule has 2 heterocycles. The fourth-order valence-electron chi connectivity index (χ4n) is 4.59. The van der Waals surface area contributed by atoms with Crippen LogP contribution in [-0.4, -0.2) is 75.9 Å². The minimum Gasteiger partial charge on any atom is -0.396 e. The number of carbonyl (C=O) groups is 1. The molecule has 1 aliphatic heterocycles. The lowest BCUT2D eigenvalue weighted by Crippen LogP contribution is -2.56. The Hall–Kier alpha value is -3.03. The zero-order valence-electron chi connectivity index (χ0n) is 20.1. The van der Waals surface area contributed by atoms with Crippen LogP contribution in [0.5, 0.6) is 0 Å². The van der Waals surface area contributed by atoms with Crippen LogP contribution in [0.15, 0.2) is 30.6 Å². The lowest BCUT2D eigenvalue weighted by Gasteiger charge is -2.44. The van der Waals surface area contributed by atoms with Gasteiger partial charge in [0.2, 0.25) is 11.7 Å². The van der Waals surface area contributed by atoms with Crippen molar-refractivity contribution in [2.45, 2.75) is 44.1 Å². The first kappa shape index (κ1) is 27.0. The molecule has 1 saturated carbocycles. The van der Waals surface area contributed by atoms with E-state index in [1.165, 1.54) is 18.5 Å². The Kier molecular flexibility index (Phi) is 7.85. The highest BCUT2D eigenvalue weighted by molar-refractivity contribution is 5.75. The zero-order valence-corrected chi connectivity index (χ0v) is 20.1. The van der Waals surface area contributed by atoms with Gasteiger partial charge in [0.25, 0.3) is 0 Å². The Morgan fingerprint density at radius 1 is 1.24 bits per heavy atom. The van der Waals surface area contributed by atoms with Crippen molar-refractivity contribution in [3.8, 4) is 0 Å². The molecule has 1 saturated heterocycles. The molecule has 2 aromatic rings. The number of nitrogens with one attached hydrogen (secondary N) is 1. The summed E-state index contributed by atoms with van der Waals surface area (Å²) in [4.78, 5) is 22.7. The molecule has 1 aromatic heterocycles. The van der Waals surface area contributed by atoms with Crippen LogP contribution in [-0.2, 0) is 17.5 Å². The van der Waals surface area contributed by atoms with Crippen molar-refractivity contribution in [1.29, 1.82) is 0 Å². The standard InChI is InChI=1S/C24H30F4N6O3/c25-20-21(30-12-23(13-35)7-8-33(10-18(23)36)11-19(29)37)31-14-32-22(20)34(17-5-6-17)9-15-1-3-16(4-2-15)24(26,27)28/h1-4,14,17-18,35-36H,5-13H2,(H2,29,37)(H,30,31,32)/t18-,23?/m0/s1. The van der Waals surface area contributed by atoms with Crippen molar-refractivity contribution >= 4 is 17.5 Å². The highest BCUT2D eigenvalue weighted by Crippen LogP contribution is 2.36. The number of likely N-dealkylation sites (tertiary alicyclic amines) is 1. The number of alkyl halides is 3. The number of nitrogens with two attached hydrogens (primary N) is 1. The number of nitrogens with zero attached hydrogens (tertiary/aromatic N) is 4. The van der Waals surface area contributed by atoms with Gasteiger partial charge in [0, 0.05) is 31.1 Å². The molecule has 13 heteroatoms. The number of primary amides is 1. The maximum Gasteiger partial charge on any atom is 0.416 e. The van der Waals surface area contributed by atoms with Gasteiger partial charge in [0.05, 0.1) is 24.8 Å². The summed E-state index contributed by atoms with van der Waals surface area (Å²) in [6.07, 6.45) is -2.30. The first-order valence-electron chi connectivity index (χ1n) is 12.0. The molecule has 1 unspecified atom stereocenters. The van der Waals surface area contributed by atoms with Gasteiger partial charge < -0.3 is 26.2 Å². The third-order valence-electron chi connectivity index (χ3n) is 7.03. The van der Waals surface area contributed by atoms with Gasteiger partial charge in [-0.05, 0) is 43.5 Å². The summed E-state index contributed by atoms with van der Waals surface area (Å²) in [5.74, 6) is -1.33. The number of aliphatic hydroxyl groups excluding tert-OH is 2. The van der Waals surface area contributed by atoms with Crippen molar-refractivity contribution < 1.29 is 32.6 Å². The number of anilines is 2. The van der Waals surface area contributed by atoms with E-state index in [9.17, 15) is 28.2 Å². The number of β-amino-alcohol motifs (C(OH)–C–C–N with tert-alkyl or cyclic N) is 1.